The molecule has 0 aliphatic carbocycles. The van der Waals surface area contributed by atoms with Crippen LogP contribution in [0.2, 0.25) is 0 Å². The van der Waals surface area contributed by atoms with E-state index in [9.17, 15) is 26.4 Å². The number of nitrogens with zero attached hydrogens (tertiary/aromatic N) is 2. The molecule has 178 valence electrons. The van der Waals surface area contributed by atoms with Crippen LogP contribution in [0.3, 0.4) is 0 Å². The van der Waals surface area contributed by atoms with Gasteiger partial charge in [0.2, 0.25) is 0 Å². The molecule has 0 N–H and O–H groups in total. The van der Waals surface area contributed by atoms with E-state index in [1.54, 1.807) is 60.7 Å². The summed E-state index contributed by atoms with van der Waals surface area (Å²) >= 11 is 0. The average Bonchev–Trinajstić information content (AvgIpc) is 3.02. The number of sulfonamides is 2. The van der Waals surface area contributed by atoms with Crippen molar-refractivity contribution in [3.05, 3.63) is 84.9 Å². The van der Waals surface area contributed by atoms with E-state index in [-0.39, 0.29) is 14.1 Å². The molecule has 0 radical (unpaired) electrons. The largest absolute Gasteiger partial charge is 0.356 e. The molecule has 4 aromatic carbocycles. The molecule has 0 aromatic heterocycles. The van der Waals surface area contributed by atoms with Crippen LogP contribution in [-0.4, -0.2) is 42.9 Å². The third kappa shape index (κ3) is 3.40. The van der Waals surface area contributed by atoms with E-state index < -0.39 is 37.5 Å². The van der Waals surface area contributed by atoms with E-state index in [0.29, 0.717) is 15.1 Å². The highest BCUT2D eigenvalue weighted by atomic mass is 32.2. The molecule has 4 aromatic rings. The van der Waals surface area contributed by atoms with Gasteiger partial charge in [0.15, 0.2) is 0 Å². The van der Waals surface area contributed by atoms with Crippen molar-refractivity contribution in [1.29, 1.82) is 0 Å². The number of benzene rings is 4. The Hall–Kier alpha value is -3.76. The average molecular weight is 509 g/mol. The molecule has 0 bridgehead atoms. The summed E-state index contributed by atoms with van der Waals surface area (Å²) in [5.41, 5.74) is -1.97. The van der Waals surface area contributed by atoms with E-state index in [4.69, 9.17) is 0 Å². The Bertz CT molecular complexity index is 1760. The summed E-state index contributed by atoms with van der Waals surface area (Å²) in [4.78, 5) is 26.1. The van der Waals surface area contributed by atoms with Crippen LogP contribution < -0.4 is 0 Å². The third-order valence-corrected chi connectivity index (χ3v) is 9.68. The van der Waals surface area contributed by atoms with Crippen molar-refractivity contribution in [3.63, 3.8) is 0 Å². The second kappa shape index (κ2) is 7.62. The zero-order valence-corrected chi connectivity index (χ0v) is 20.4. The molecule has 0 atom stereocenters. The van der Waals surface area contributed by atoms with Crippen LogP contribution in [0.1, 0.15) is 13.8 Å². The minimum absolute atomic E-state index is 0.0513. The first kappa shape index (κ1) is 23.0. The van der Waals surface area contributed by atoms with Crippen molar-refractivity contribution >= 4 is 53.5 Å². The lowest BCUT2D eigenvalue weighted by molar-refractivity contribution is -0.127. The molecule has 1 aliphatic rings. The van der Waals surface area contributed by atoms with Gasteiger partial charge in [0.25, 0.3) is 26.0 Å². The molecule has 0 unspecified atom stereocenters. The molecule has 35 heavy (non-hydrogen) atoms. The van der Waals surface area contributed by atoms with Crippen LogP contribution in [0.25, 0.3) is 21.5 Å². The van der Waals surface area contributed by atoms with E-state index in [0.717, 1.165) is 10.8 Å². The zero-order chi connectivity index (χ0) is 25.2. The fourth-order valence-electron chi connectivity index (χ4n) is 4.23. The Balaban J connectivity index is 1.61. The zero-order valence-electron chi connectivity index (χ0n) is 18.7. The van der Waals surface area contributed by atoms with Gasteiger partial charge >= 0.3 is 6.03 Å². The molecule has 1 heterocycles. The number of fused-ring (bicyclic) bond motifs is 2. The molecule has 5 rings (SSSR count). The predicted octanol–water partition coefficient (Wildman–Crippen LogP) is 4.11. The molecule has 8 nitrogen and oxygen atoms in total. The Morgan fingerprint density at radius 3 is 1.51 bits per heavy atom. The van der Waals surface area contributed by atoms with Crippen LogP contribution >= 0.6 is 0 Å². The number of rotatable bonds is 4. The number of hydrogen-bond donors (Lipinski definition) is 0. The monoisotopic (exact) mass is 508 g/mol. The minimum Gasteiger partial charge on any atom is -0.270 e. The second-order valence-corrected chi connectivity index (χ2v) is 12.3. The Kier molecular flexibility index (Phi) is 5.01. The van der Waals surface area contributed by atoms with Gasteiger partial charge in [0.1, 0.15) is 5.54 Å². The summed E-state index contributed by atoms with van der Waals surface area (Å²) < 4.78 is 54.4. The second-order valence-electron chi connectivity index (χ2n) is 8.70. The van der Waals surface area contributed by atoms with Gasteiger partial charge in [-0.25, -0.2) is 25.9 Å². The standard InChI is InChI=1S/C25H20N2O6S2/c1-25(2)23(28)26(34(30,31)21-13-11-17-7-3-5-9-19(17)15-21)24(29)27(25)35(32,33)22-14-12-18-8-4-6-10-20(18)16-22/h3-16H,1-2H3. The fraction of sp³-hybridized carbons (Fsp3) is 0.120. The third-order valence-electron chi connectivity index (χ3n) is 6.08. The van der Waals surface area contributed by atoms with Crippen molar-refractivity contribution in [1.82, 2.24) is 8.61 Å². The molecule has 1 saturated heterocycles. The summed E-state index contributed by atoms with van der Waals surface area (Å²) in [7, 11) is -9.25. The molecule has 3 amide bonds. The van der Waals surface area contributed by atoms with Crippen LogP contribution in [0.5, 0.6) is 0 Å². The summed E-state index contributed by atoms with van der Waals surface area (Å²) in [6.45, 7) is 2.42. The summed E-state index contributed by atoms with van der Waals surface area (Å²) in [6, 6.07) is 21.1. The SMILES string of the molecule is CC1(C)C(=O)N(S(=O)(=O)c2ccc3ccccc3c2)C(=O)N1S(=O)(=O)c1ccc2ccccc2c1. The van der Waals surface area contributed by atoms with Crippen molar-refractivity contribution in [2.24, 2.45) is 0 Å². The minimum atomic E-state index is -4.68. The van der Waals surface area contributed by atoms with Gasteiger partial charge in [-0.3, -0.25) is 4.79 Å². The summed E-state index contributed by atoms with van der Waals surface area (Å²) in [5, 5.41) is 2.76. The maximum atomic E-state index is 13.6. The van der Waals surface area contributed by atoms with Crippen LogP contribution in [-0.2, 0) is 24.8 Å². The van der Waals surface area contributed by atoms with Gasteiger partial charge in [0, 0.05) is 0 Å². The summed E-state index contributed by atoms with van der Waals surface area (Å²) in [6.07, 6.45) is 0. The van der Waals surface area contributed by atoms with E-state index >= 15 is 0 Å². The number of imide groups is 1. The van der Waals surface area contributed by atoms with Gasteiger partial charge in [0.05, 0.1) is 9.79 Å². The first-order chi connectivity index (χ1) is 16.5. The lowest BCUT2D eigenvalue weighted by Crippen LogP contribution is -2.47. The molecule has 0 saturated carbocycles. The number of carbonyl (C=O) groups excluding carboxylic acids is 2. The van der Waals surface area contributed by atoms with E-state index in [1.165, 1.54) is 38.1 Å². The normalized spacial score (nSPS) is 16.4. The number of amides is 3. The summed E-state index contributed by atoms with van der Waals surface area (Å²) in [5.74, 6) is -1.15. The Labute approximate surface area is 202 Å². The Morgan fingerprint density at radius 1 is 0.600 bits per heavy atom. The topological polar surface area (TPSA) is 109 Å². The Morgan fingerprint density at radius 2 is 1.03 bits per heavy atom. The van der Waals surface area contributed by atoms with Gasteiger partial charge in [-0.05, 0) is 59.7 Å². The van der Waals surface area contributed by atoms with Crippen molar-refractivity contribution in [2.45, 2.75) is 29.2 Å². The molecular formula is C25H20N2O6S2. The molecular weight excluding hydrogens is 488 g/mol. The predicted molar refractivity (Wildman–Crippen MR) is 130 cm³/mol. The van der Waals surface area contributed by atoms with E-state index in [1.807, 2.05) is 0 Å². The molecule has 1 fully saturated rings. The fourth-order valence-corrected chi connectivity index (χ4v) is 7.43. The van der Waals surface area contributed by atoms with Gasteiger partial charge in [-0.2, -0.15) is 0 Å². The quantitative estimate of drug-likeness (QED) is 0.384. The molecule has 0 spiro atoms. The lowest BCUT2D eigenvalue weighted by Gasteiger charge is -2.26. The van der Waals surface area contributed by atoms with Crippen LogP contribution in [0.15, 0.2) is 94.7 Å². The number of hydrogen-bond acceptors (Lipinski definition) is 6. The van der Waals surface area contributed by atoms with Crippen LogP contribution in [0.4, 0.5) is 4.79 Å². The molecule has 1 aliphatic heterocycles. The van der Waals surface area contributed by atoms with Gasteiger partial charge in [-0.15, -0.1) is 4.31 Å². The van der Waals surface area contributed by atoms with Crippen molar-refractivity contribution in [3.8, 4) is 0 Å². The van der Waals surface area contributed by atoms with Gasteiger partial charge in [-0.1, -0.05) is 60.7 Å². The highest BCUT2D eigenvalue weighted by Gasteiger charge is 2.61. The smallest absolute Gasteiger partial charge is 0.270 e. The van der Waals surface area contributed by atoms with Gasteiger partial charge < -0.3 is 0 Å². The maximum Gasteiger partial charge on any atom is 0.356 e. The highest BCUT2D eigenvalue weighted by molar-refractivity contribution is 7.91. The number of urea groups is 1. The van der Waals surface area contributed by atoms with Crippen LogP contribution in [0, 0.1) is 0 Å². The highest BCUT2D eigenvalue weighted by Crippen LogP contribution is 2.37. The number of carbonyl (C=O) groups is 2. The maximum absolute atomic E-state index is 13.6. The first-order valence-electron chi connectivity index (χ1n) is 10.6. The van der Waals surface area contributed by atoms with E-state index in [2.05, 4.69) is 0 Å². The first-order valence-corrected chi connectivity index (χ1v) is 13.5. The lowest BCUT2D eigenvalue weighted by atomic mass is 10.1. The van der Waals surface area contributed by atoms with Crippen molar-refractivity contribution < 1.29 is 26.4 Å². The molecule has 10 heteroatoms. The van der Waals surface area contributed by atoms with Crippen molar-refractivity contribution in [2.75, 3.05) is 0 Å².